The van der Waals surface area contributed by atoms with Crippen molar-refractivity contribution >= 4 is 12.0 Å². The number of likely N-dealkylation sites (N-methyl/N-ethyl adjacent to an activating group) is 1. The summed E-state index contributed by atoms with van der Waals surface area (Å²) in [4.78, 5) is 13.6. The Morgan fingerprint density at radius 3 is 2.95 bits per heavy atom. The molecule has 104 valence electrons. The van der Waals surface area contributed by atoms with Crippen molar-refractivity contribution in [1.82, 2.24) is 15.1 Å². The van der Waals surface area contributed by atoms with Crippen LogP contribution in [-0.2, 0) is 11.3 Å². The van der Waals surface area contributed by atoms with Gasteiger partial charge in [-0.1, -0.05) is 18.2 Å². The Morgan fingerprint density at radius 2 is 2.25 bits per heavy atom. The van der Waals surface area contributed by atoms with Crippen LogP contribution in [0.2, 0.25) is 0 Å². The molecular weight excluding hydrogens is 254 g/mol. The highest BCUT2D eigenvalue weighted by Gasteiger charge is 2.06. The number of H-pyrrole nitrogens is 1. The van der Waals surface area contributed by atoms with Crippen molar-refractivity contribution in [1.29, 1.82) is 0 Å². The fourth-order valence-electron chi connectivity index (χ4n) is 1.81. The van der Waals surface area contributed by atoms with Crippen LogP contribution in [0.4, 0.5) is 0 Å². The van der Waals surface area contributed by atoms with Crippen LogP contribution in [0.5, 0.6) is 5.75 Å². The summed E-state index contributed by atoms with van der Waals surface area (Å²) in [5.74, 6) is 0.672. The lowest BCUT2D eigenvalue weighted by molar-refractivity contribution is -0.125. The molecule has 0 aliphatic carbocycles. The van der Waals surface area contributed by atoms with Crippen molar-refractivity contribution in [2.45, 2.75) is 6.54 Å². The second-order valence-corrected chi connectivity index (χ2v) is 4.38. The molecule has 0 aliphatic heterocycles. The highest BCUT2D eigenvalue weighted by atomic mass is 16.5. The summed E-state index contributed by atoms with van der Waals surface area (Å²) in [7, 11) is 3.36. The molecule has 0 aliphatic rings. The smallest absolute Gasteiger partial charge is 0.246 e. The lowest BCUT2D eigenvalue weighted by atomic mass is 10.2. The number of nitrogens with zero attached hydrogens (tertiary/aromatic N) is 2. The highest BCUT2D eigenvalue weighted by molar-refractivity contribution is 5.91. The summed E-state index contributed by atoms with van der Waals surface area (Å²) in [6, 6.07) is 7.56. The van der Waals surface area contributed by atoms with Gasteiger partial charge in [0, 0.05) is 37.0 Å². The van der Waals surface area contributed by atoms with Crippen LogP contribution in [0.3, 0.4) is 0 Å². The molecule has 5 nitrogen and oxygen atoms in total. The molecule has 0 spiro atoms. The minimum Gasteiger partial charge on any atom is -0.496 e. The Hall–Kier alpha value is -2.56. The van der Waals surface area contributed by atoms with Crippen molar-refractivity contribution in [3.8, 4) is 5.75 Å². The summed E-state index contributed by atoms with van der Waals surface area (Å²) in [6.45, 7) is 0.519. The van der Waals surface area contributed by atoms with Crippen LogP contribution >= 0.6 is 0 Å². The lowest BCUT2D eigenvalue weighted by Crippen LogP contribution is -2.23. The number of methoxy groups -OCH3 is 1. The second-order valence-electron chi connectivity index (χ2n) is 4.38. The summed E-state index contributed by atoms with van der Waals surface area (Å²) < 4.78 is 5.23. The zero-order valence-corrected chi connectivity index (χ0v) is 11.5. The topological polar surface area (TPSA) is 58.2 Å². The van der Waals surface area contributed by atoms with Crippen LogP contribution in [0.15, 0.2) is 42.7 Å². The first-order chi connectivity index (χ1) is 9.70. The molecule has 1 aromatic heterocycles. The molecule has 0 radical (unpaired) electrons. The standard InChI is InChI=1S/C15H17N3O2/c1-18(11-12-9-16-17-10-12)15(19)8-7-13-5-3-4-6-14(13)20-2/h3-10H,11H2,1-2H3,(H,16,17). The van der Waals surface area contributed by atoms with E-state index in [2.05, 4.69) is 10.2 Å². The third-order valence-corrected chi connectivity index (χ3v) is 2.90. The molecule has 5 heteroatoms. The number of aromatic amines is 1. The van der Waals surface area contributed by atoms with E-state index in [4.69, 9.17) is 4.74 Å². The molecule has 1 heterocycles. The average molecular weight is 271 g/mol. The minimum absolute atomic E-state index is 0.0721. The molecular formula is C15H17N3O2. The number of aromatic nitrogens is 2. The summed E-state index contributed by atoms with van der Waals surface area (Å²) in [5, 5.41) is 6.58. The van der Waals surface area contributed by atoms with Gasteiger partial charge in [-0.2, -0.15) is 5.10 Å². The average Bonchev–Trinajstić information content (AvgIpc) is 2.97. The number of benzene rings is 1. The van der Waals surface area contributed by atoms with Gasteiger partial charge >= 0.3 is 0 Å². The van der Waals surface area contributed by atoms with Gasteiger partial charge in [-0.3, -0.25) is 9.89 Å². The molecule has 0 atom stereocenters. The van der Waals surface area contributed by atoms with Gasteiger partial charge in [0.25, 0.3) is 0 Å². The number of rotatable bonds is 5. The number of nitrogens with one attached hydrogen (secondary N) is 1. The SMILES string of the molecule is COc1ccccc1C=CC(=O)N(C)Cc1cn[nH]c1. The molecule has 0 fully saturated rings. The fourth-order valence-corrected chi connectivity index (χ4v) is 1.81. The van der Waals surface area contributed by atoms with E-state index in [9.17, 15) is 4.79 Å². The first kappa shape index (κ1) is 13.9. The second kappa shape index (κ2) is 6.56. The highest BCUT2D eigenvalue weighted by Crippen LogP contribution is 2.18. The van der Waals surface area contributed by atoms with Crippen molar-refractivity contribution in [3.63, 3.8) is 0 Å². The van der Waals surface area contributed by atoms with E-state index < -0.39 is 0 Å². The Morgan fingerprint density at radius 1 is 1.45 bits per heavy atom. The van der Waals surface area contributed by atoms with E-state index in [1.165, 1.54) is 6.08 Å². The molecule has 1 amide bonds. The number of carbonyl (C=O) groups is 1. The molecule has 0 bridgehead atoms. The Labute approximate surface area is 117 Å². The van der Waals surface area contributed by atoms with Gasteiger partial charge in [0.1, 0.15) is 5.75 Å². The van der Waals surface area contributed by atoms with Gasteiger partial charge < -0.3 is 9.64 Å². The van der Waals surface area contributed by atoms with E-state index in [0.717, 1.165) is 16.9 Å². The van der Waals surface area contributed by atoms with E-state index in [1.807, 2.05) is 24.3 Å². The van der Waals surface area contributed by atoms with Crippen LogP contribution in [0, 0.1) is 0 Å². The molecule has 1 N–H and O–H groups in total. The predicted octanol–water partition coefficient (Wildman–Crippen LogP) is 2.09. The number of hydrogen-bond acceptors (Lipinski definition) is 3. The largest absolute Gasteiger partial charge is 0.496 e. The van der Waals surface area contributed by atoms with Gasteiger partial charge in [0.15, 0.2) is 0 Å². The maximum Gasteiger partial charge on any atom is 0.246 e. The number of carbonyl (C=O) groups excluding carboxylic acids is 1. The first-order valence-corrected chi connectivity index (χ1v) is 6.24. The normalized spacial score (nSPS) is 10.7. The van der Waals surface area contributed by atoms with E-state index >= 15 is 0 Å². The van der Waals surface area contributed by atoms with Crippen molar-refractivity contribution in [3.05, 3.63) is 53.9 Å². The van der Waals surface area contributed by atoms with Crippen molar-refractivity contribution < 1.29 is 9.53 Å². The van der Waals surface area contributed by atoms with Gasteiger partial charge in [0.05, 0.1) is 13.3 Å². The first-order valence-electron chi connectivity index (χ1n) is 6.24. The molecule has 0 saturated heterocycles. The van der Waals surface area contributed by atoms with Gasteiger partial charge in [-0.25, -0.2) is 0 Å². The number of para-hydroxylation sites is 1. The zero-order chi connectivity index (χ0) is 14.4. The predicted molar refractivity (Wildman–Crippen MR) is 77.1 cm³/mol. The quantitative estimate of drug-likeness (QED) is 0.847. The number of hydrogen-bond donors (Lipinski definition) is 1. The van der Waals surface area contributed by atoms with E-state index in [-0.39, 0.29) is 5.91 Å². The van der Waals surface area contributed by atoms with Crippen LogP contribution in [-0.4, -0.2) is 35.2 Å². The third kappa shape index (κ3) is 3.47. The third-order valence-electron chi connectivity index (χ3n) is 2.90. The van der Waals surface area contributed by atoms with Crippen molar-refractivity contribution in [2.75, 3.05) is 14.2 Å². The summed E-state index contributed by atoms with van der Waals surface area (Å²) in [5.41, 5.74) is 1.84. The molecule has 20 heavy (non-hydrogen) atoms. The van der Waals surface area contributed by atoms with Crippen molar-refractivity contribution in [2.24, 2.45) is 0 Å². The Kier molecular flexibility index (Phi) is 4.55. The number of ether oxygens (including phenoxy) is 1. The molecule has 0 saturated carbocycles. The fraction of sp³-hybridized carbons (Fsp3) is 0.200. The molecule has 1 aromatic carbocycles. The summed E-state index contributed by atoms with van der Waals surface area (Å²) >= 11 is 0. The van der Waals surface area contributed by atoms with Crippen LogP contribution < -0.4 is 4.74 Å². The Bertz CT molecular complexity index is 591. The summed E-state index contributed by atoms with van der Waals surface area (Å²) in [6.07, 6.45) is 6.77. The molecule has 0 unspecified atom stereocenters. The van der Waals surface area contributed by atoms with Gasteiger partial charge in [-0.05, 0) is 12.1 Å². The lowest BCUT2D eigenvalue weighted by Gasteiger charge is -2.13. The van der Waals surface area contributed by atoms with E-state index in [0.29, 0.717) is 6.54 Å². The van der Waals surface area contributed by atoms with E-state index in [1.54, 1.807) is 37.5 Å². The number of amides is 1. The maximum absolute atomic E-state index is 12.0. The van der Waals surface area contributed by atoms with Gasteiger partial charge in [-0.15, -0.1) is 0 Å². The molecule has 2 rings (SSSR count). The molecule has 2 aromatic rings. The zero-order valence-electron chi connectivity index (χ0n) is 11.5. The van der Waals surface area contributed by atoms with Crippen LogP contribution in [0.1, 0.15) is 11.1 Å². The monoisotopic (exact) mass is 271 g/mol. The van der Waals surface area contributed by atoms with Gasteiger partial charge in [0.2, 0.25) is 5.91 Å². The van der Waals surface area contributed by atoms with Crippen LogP contribution in [0.25, 0.3) is 6.08 Å². The maximum atomic E-state index is 12.0. The minimum atomic E-state index is -0.0721. The Balaban J connectivity index is 2.01.